The van der Waals surface area contributed by atoms with Gasteiger partial charge in [-0.05, 0) is 49.7 Å². The number of H-pyrrole nitrogens is 1. The first-order valence-electron chi connectivity index (χ1n) is 8.88. The molecule has 3 rings (SSSR count). The number of hydrogen-bond donors (Lipinski definition) is 3. The van der Waals surface area contributed by atoms with Crippen LogP contribution in [0.3, 0.4) is 0 Å². The number of imidazole rings is 1. The Morgan fingerprint density at radius 2 is 1.76 bits per heavy atom. The van der Waals surface area contributed by atoms with Crippen LogP contribution in [0.5, 0.6) is 0 Å². The van der Waals surface area contributed by atoms with Crippen molar-refractivity contribution in [2.24, 2.45) is 5.73 Å². The van der Waals surface area contributed by atoms with Crippen molar-refractivity contribution < 1.29 is 14.4 Å². The Morgan fingerprint density at radius 1 is 1.07 bits per heavy atom. The van der Waals surface area contributed by atoms with Gasteiger partial charge in [-0.25, -0.2) is 4.98 Å². The second-order valence-corrected chi connectivity index (χ2v) is 6.67. The van der Waals surface area contributed by atoms with Gasteiger partial charge in [0.25, 0.3) is 17.7 Å². The first-order valence-corrected chi connectivity index (χ1v) is 8.88. The van der Waals surface area contributed by atoms with Crippen LogP contribution in [-0.2, 0) is 0 Å². The maximum absolute atomic E-state index is 12.6. The van der Waals surface area contributed by atoms with Crippen molar-refractivity contribution in [1.29, 1.82) is 0 Å². The summed E-state index contributed by atoms with van der Waals surface area (Å²) in [6, 6.07) is 12.5. The molecule has 0 unspecified atom stereocenters. The summed E-state index contributed by atoms with van der Waals surface area (Å²) in [5.74, 6) is -1.44. The van der Waals surface area contributed by atoms with E-state index in [9.17, 15) is 14.4 Å². The number of anilines is 2. The molecule has 1 aromatic heterocycles. The van der Waals surface area contributed by atoms with Crippen LogP contribution in [-0.4, -0.2) is 34.7 Å². The van der Waals surface area contributed by atoms with Gasteiger partial charge in [0.05, 0.1) is 6.33 Å². The van der Waals surface area contributed by atoms with Gasteiger partial charge in [0.2, 0.25) is 0 Å². The lowest BCUT2D eigenvalue weighted by Gasteiger charge is -2.17. The Labute approximate surface area is 167 Å². The maximum Gasteiger partial charge on any atom is 0.279 e. The van der Waals surface area contributed by atoms with E-state index in [1.165, 1.54) is 11.2 Å². The molecule has 3 amide bonds. The average molecular weight is 391 g/mol. The van der Waals surface area contributed by atoms with E-state index in [0.29, 0.717) is 16.9 Å². The van der Waals surface area contributed by atoms with Crippen molar-refractivity contribution in [3.63, 3.8) is 0 Å². The molecule has 0 saturated heterocycles. The molecule has 4 N–H and O–H groups in total. The fourth-order valence-electron chi connectivity index (χ4n) is 2.87. The highest BCUT2D eigenvalue weighted by molar-refractivity contribution is 6.11. The Hall–Kier alpha value is -3.94. The first-order chi connectivity index (χ1) is 13.8. The smallest absolute Gasteiger partial charge is 0.279 e. The van der Waals surface area contributed by atoms with Crippen molar-refractivity contribution in [1.82, 2.24) is 9.97 Å². The third-order valence-electron chi connectivity index (χ3n) is 4.54. The lowest BCUT2D eigenvalue weighted by atomic mass is 10.0. The predicted octanol–water partition coefficient (Wildman–Crippen LogP) is 2.65. The maximum atomic E-state index is 12.6. The number of carbonyl (C=O) groups is 3. The molecule has 0 bridgehead atoms. The molecule has 29 heavy (non-hydrogen) atoms. The minimum Gasteiger partial charge on any atom is -0.364 e. The topological polar surface area (TPSA) is 121 Å². The summed E-state index contributed by atoms with van der Waals surface area (Å²) in [6.07, 6.45) is 1.24. The molecule has 8 nitrogen and oxygen atoms in total. The summed E-state index contributed by atoms with van der Waals surface area (Å²) < 4.78 is 0. The number of carbonyl (C=O) groups excluding carboxylic acids is 3. The summed E-state index contributed by atoms with van der Waals surface area (Å²) >= 11 is 0. The molecule has 0 radical (unpaired) electrons. The van der Waals surface area contributed by atoms with Crippen molar-refractivity contribution >= 4 is 29.1 Å². The van der Waals surface area contributed by atoms with Crippen LogP contribution in [0.25, 0.3) is 0 Å². The van der Waals surface area contributed by atoms with Gasteiger partial charge in [-0.2, -0.15) is 0 Å². The molecule has 1 heterocycles. The van der Waals surface area contributed by atoms with Crippen LogP contribution in [0, 0.1) is 13.8 Å². The lowest BCUT2D eigenvalue weighted by Crippen LogP contribution is -2.29. The largest absolute Gasteiger partial charge is 0.364 e. The van der Waals surface area contributed by atoms with Gasteiger partial charge in [0.1, 0.15) is 5.69 Å². The van der Waals surface area contributed by atoms with Gasteiger partial charge in [0.15, 0.2) is 5.69 Å². The number of aromatic amines is 1. The van der Waals surface area contributed by atoms with Crippen LogP contribution < -0.4 is 16.0 Å². The fourth-order valence-corrected chi connectivity index (χ4v) is 2.87. The molecule has 2 aromatic carbocycles. The Balaban J connectivity index is 1.75. The van der Waals surface area contributed by atoms with Gasteiger partial charge in [-0.1, -0.05) is 17.7 Å². The van der Waals surface area contributed by atoms with Crippen molar-refractivity contribution in [3.8, 4) is 0 Å². The molecular formula is C21H21N5O3. The SMILES string of the molecule is Cc1ccc(C)c(C(=O)Nc2ccc(N(C)C(=O)c3nc[nH]c3C(N)=O)cc2)c1. The Morgan fingerprint density at radius 3 is 2.41 bits per heavy atom. The molecule has 0 atom stereocenters. The number of nitrogens with two attached hydrogens (primary N) is 1. The molecule has 0 aliphatic carbocycles. The summed E-state index contributed by atoms with van der Waals surface area (Å²) in [5, 5.41) is 2.85. The van der Waals surface area contributed by atoms with Gasteiger partial charge in [0, 0.05) is 24.0 Å². The highest BCUT2D eigenvalue weighted by Gasteiger charge is 2.22. The monoisotopic (exact) mass is 391 g/mol. The number of rotatable bonds is 5. The molecule has 148 valence electrons. The average Bonchev–Trinajstić information content (AvgIpc) is 3.19. The van der Waals surface area contributed by atoms with E-state index in [1.54, 1.807) is 31.3 Å². The summed E-state index contributed by atoms with van der Waals surface area (Å²) in [6.45, 7) is 3.81. The minimum absolute atomic E-state index is 0.0424. The predicted molar refractivity (Wildman–Crippen MR) is 110 cm³/mol. The standard InChI is InChI=1S/C21H21N5O3/c1-12-4-5-13(2)16(10-12)20(28)25-14-6-8-15(9-7-14)26(3)21(29)18-17(19(22)27)23-11-24-18/h4-11H,1-3H3,(H2,22,27)(H,23,24)(H,25,28). The third kappa shape index (κ3) is 4.16. The van der Waals surface area contributed by atoms with Crippen LogP contribution in [0.2, 0.25) is 0 Å². The minimum atomic E-state index is -0.760. The van der Waals surface area contributed by atoms with Crippen molar-refractivity contribution in [2.45, 2.75) is 13.8 Å². The number of nitrogens with zero attached hydrogens (tertiary/aromatic N) is 2. The molecule has 8 heteroatoms. The number of primary amides is 1. The third-order valence-corrected chi connectivity index (χ3v) is 4.54. The van der Waals surface area contributed by atoms with E-state index in [0.717, 1.165) is 11.1 Å². The molecule has 0 aliphatic heterocycles. The summed E-state index contributed by atoms with van der Waals surface area (Å²) in [5.41, 5.74) is 8.82. The summed E-state index contributed by atoms with van der Waals surface area (Å²) in [7, 11) is 1.56. The Bertz CT molecular complexity index is 1090. The van der Waals surface area contributed by atoms with Gasteiger partial charge in [-0.15, -0.1) is 0 Å². The van der Waals surface area contributed by atoms with E-state index >= 15 is 0 Å². The van der Waals surface area contributed by atoms with Crippen molar-refractivity contribution in [2.75, 3.05) is 17.3 Å². The number of aromatic nitrogens is 2. The van der Waals surface area contributed by atoms with Crippen LogP contribution in [0.4, 0.5) is 11.4 Å². The summed E-state index contributed by atoms with van der Waals surface area (Å²) in [4.78, 5) is 44.3. The van der Waals surface area contributed by atoms with E-state index in [2.05, 4.69) is 15.3 Å². The highest BCUT2D eigenvalue weighted by Crippen LogP contribution is 2.20. The zero-order valence-electron chi connectivity index (χ0n) is 16.3. The lowest BCUT2D eigenvalue weighted by molar-refractivity contribution is 0.0958. The van der Waals surface area contributed by atoms with Gasteiger partial charge < -0.3 is 20.9 Å². The van der Waals surface area contributed by atoms with Crippen LogP contribution >= 0.6 is 0 Å². The number of nitrogens with one attached hydrogen (secondary N) is 2. The number of amides is 3. The normalized spacial score (nSPS) is 10.4. The number of benzene rings is 2. The van der Waals surface area contributed by atoms with Crippen LogP contribution in [0.15, 0.2) is 48.8 Å². The van der Waals surface area contributed by atoms with E-state index in [1.807, 2.05) is 32.0 Å². The molecule has 0 spiro atoms. The van der Waals surface area contributed by atoms with Crippen LogP contribution in [0.1, 0.15) is 42.5 Å². The van der Waals surface area contributed by atoms with E-state index < -0.39 is 11.8 Å². The zero-order valence-corrected chi connectivity index (χ0v) is 16.3. The second-order valence-electron chi connectivity index (χ2n) is 6.67. The molecule has 0 saturated carbocycles. The quantitative estimate of drug-likeness (QED) is 0.619. The second kappa shape index (κ2) is 7.97. The molecule has 3 aromatic rings. The van der Waals surface area contributed by atoms with Crippen molar-refractivity contribution in [3.05, 3.63) is 76.9 Å². The number of hydrogen-bond acceptors (Lipinski definition) is 4. The first kappa shape index (κ1) is 19.8. The fraction of sp³-hybridized carbons (Fsp3) is 0.143. The van der Waals surface area contributed by atoms with Gasteiger partial charge >= 0.3 is 0 Å². The Kier molecular flexibility index (Phi) is 5.45. The highest BCUT2D eigenvalue weighted by atomic mass is 16.2. The van der Waals surface area contributed by atoms with E-state index in [-0.39, 0.29) is 17.3 Å². The molecule has 0 fully saturated rings. The van der Waals surface area contributed by atoms with Gasteiger partial charge in [-0.3, -0.25) is 14.4 Å². The molecule has 0 aliphatic rings. The molecular weight excluding hydrogens is 370 g/mol. The number of aryl methyl sites for hydroxylation is 2. The zero-order chi connectivity index (χ0) is 21.1. The van der Waals surface area contributed by atoms with E-state index in [4.69, 9.17) is 5.73 Å².